The van der Waals surface area contributed by atoms with Crippen LogP contribution in [0.4, 0.5) is 0 Å². The zero-order valence-corrected chi connectivity index (χ0v) is 19.2. The molecule has 0 saturated carbocycles. The molecule has 1 aliphatic rings. The SMILES string of the molecule is COc1ccc(-c2nn(CN3CCCC(O)C3)c(=S)n2-c2ccccc2C(C)C)cc1. The first-order valence-electron chi connectivity index (χ1n) is 10.8. The molecule has 6 nitrogen and oxygen atoms in total. The Hall–Kier alpha value is -2.48. The van der Waals surface area contributed by atoms with Gasteiger partial charge in [-0.1, -0.05) is 32.0 Å². The van der Waals surface area contributed by atoms with E-state index in [-0.39, 0.29) is 6.10 Å². The number of piperidine rings is 1. The van der Waals surface area contributed by atoms with Crippen LogP contribution in [0.1, 0.15) is 38.2 Å². The van der Waals surface area contributed by atoms with Gasteiger partial charge in [-0.3, -0.25) is 9.47 Å². The predicted octanol–water partition coefficient (Wildman–Crippen LogP) is 4.62. The van der Waals surface area contributed by atoms with Crippen molar-refractivity contribution in [2.45, 2.75) is 45.4 Å². The number of aliphatic hydroxyl groups is 1. The second kappa shape index (κ2) is 9.34. The molecule has 4 rings (SSSR count). The minimum Gasteiger partial charge on any atom is -0.497 e. The highest BCUT2D eigenvalue weighted by Crippen LogP contribution is 2.29. The van der Waals surface area contributed by atoms with E-state index >= 15 is 0 Å². The monoisotopic (exact) mass is 438 g/mol. The van der Waals surface area contributed by atoms with E-state index in [9.17, 15) is 5.11 Å². The molecule has 1 aromatic heterocycles. The fourth-order valence-corrected chi connectivity index (χ4v) is 4.46. The second-order valence-corrected chi connectivity index (χ2v) is 8.76. The van der Waals surface area contributed by atoms with Crippen LogP contribution in [-0.2, 0) is 6.67 Å². The summed E-state index contributed by atoms with van der Waals surface area (Å²) in [7, 11) is 1.66. The number of benzene rings is 2. The average molecular weight is 439 g/mol. The highest BCUT2D eigenvalue weighted by molar-refractivity contribution is 7.71. The van der Waals surface area contributed by atoms with Crippen LogP contribution in [0, 0.1) is 4.77 Å². The lowest BCUT2D eigenvalue weighted by Gasteiger charge is -2.29. The molecule has 1 unspecified atom stereocenters. The molecule has 3 aromatic rings. The molecule has 1 fully saturated rings. The van der Waals surface area contributed by atoms with E-state index in [4.69, 9.17) is 22.1 Å². The van der Waals surface area contributed by atoms with Gasteiger partial charge in [-0.2, -0.15) is 0 Å². The fraction of sp³-hybridized carbons (Fsp3) is 0.417. The van der Waals surface area contributed by atoms with Crippen molar-refractivity contribution < 1.29 is 9.84 Å². The third-order valence-electron chi connectivity index (χ3n) is 5.80. The van der Waals surface area contributed by atoms with Crippen molar-refractivity contribution in [2.75, 3.05) is 20.2 Å². The summed E-state index contributed by atoms with van der Waals surface area (Å²) in [5.41, 5.74) is 3.25. The van der Waals surface area contributed by atoms with Crippen molar-refractivity contribution in [1.82, 2.24) is 19.2 Å². The minimum atomic E-state index is -0.285. The quantitative estimate of drug-likeness (QED) is 0.569. The molecule has 1 atom stereocenters. The number of aliphatic hydroxyl groups excluding tert-OH is 1. The van der Waals surface area contributed by atoms with E-state index in [1.165, 1.54) is 5.56 Å². The lowest BCUT2D eigenvalue weighted by atomic mass is 10.0. The number of nitrogens with zero attached hydrogens (tertiary/aromatic N) is 4. The molecule has 0 radical (unpaired) electrons. The van der Waals surface area contributed by atoms with Crippen LogP contribution in [-0.4, -0.2) is 50.7 Å². The van der Waals surface area contributed by atoms with Crippen molar-refractivity contribution in [3.63, 3.8) is 0 Å². The minimum absolute atomic E-state index is 0.285. The van der Waals surface area contributed by atoms with E-state index < -0.39 is 0 Å². The highest BCUT2D eigenvalue weighted by Gasteiger charge is 2.22. The number of β-amino-alcohol motifs (C(OH)–C–C–N with tert-alkyl or cyclic N) is 1. The maximum absolute atomic E-state index is 10.1. The second-order valence-electron chi connectivity index (χ2n) is 8.40. The number of hydrogen-bond donors (Lipinski definition) is 1. The number of aromatic nitrogens is 3. The first kappa shape index (κ1) is 21.7. The van der Waals surface area contributed by atoms with Crippen LogP contribution >= 0.6 is 12.2 Å². The molecule has 164 valence electrons. The van der Waals surface area contributed by atoms with Gasteiger partial charge in [0.15, 0.2) is 5.82 Å². The van der Waals surface area contributed by atoms with E-state index in [1.807, 2.05) is 35.0 Å². The van der Waals surface area contributed by atoms with Crippen LogP contribution < -0.4 is 4.74 Å². The van der Waals surface area contributed by atoms with E-state index in [0.29, 0.717) is 23.9 Å². The molecule has 0 aliphatic carbocycles. The van der Waals surface area contributed by atoms with E-state index in [0.717, 1.165) is 42.2 Å². The molecule has 1 N–H and O–H groups in total. The van der Waals surface area contributed by atoms with Gasteiger partial charge in [0, 0.05) is 18.7 Å². The number of hydrogen-bond acceptors (Lipinski definition) is 5. The Kier molecular flexibility index (Phi) is 6.55. The van der Waals surface area contributed by atoms with Gasteiger partial charge in [0.25, 0.3) is 0 Å². The molecule has 0 spiro atoms. The summed E-state index contributed by atoms with van der Waals surface area (Å²) in [6.45, 7) is 6.53. The smallest absolute Gasteiger partial charge is 0.204 e. The first-order valence-corrected chi connectivity index (χ1v) is 11.2. The van der Waals surface area contributed by atoms with Crippen molar-refractivity contribution in [3.8, 4) is 22.8 Å². The maximum atomic E-state index is 10.1. The molecule has 1 aliphatic heterocycles. The third-order valence-corrected chi connectivity index (χ3v) is 6.20. The van der Waals surface area contributed by atoms with Gasteiger partial charge in [-0.05, 0) is 66.9 Å². The number of rotatable bonds is 6. The molecule has 2 aromatic carbocycles. The van der Waals surface area contributed by atoms with Crippen molar-refractivity contribution in [2.24, 2.45) is 0 Å². The molecule has 2 heterocycles. The largest absolute Gasteiger partial charge is 0.497 e. The zero-order chi connectivity index (χ0) is 22.0. The van der Waals surface area contributed by atoms with Gasteiger partial charge in [-0.25, -0.2) is 4.68 Å². The molecule has 1 saturated heterocycles. The van der Waals surface area contributed by atoms with E-state index in [2.05, 4.69) is 41.5 Å². The molecule has 0 bridgehead atoms. The highest BCUT2D eigenvalue weighted by atomic mass is 32.1. The summed E-state index contributed by atoms with van der Waals surface area (Å²) in [5, 5.41) is 15.0. The van der Waals surface area contributed by atoms with Gasteiger partial charge >= 0.3 is 0 Å². The number of para-hydroxylation sites is 1. The number of likely N-dealkylation sites (tertiary alicyclic amines) is 1. The van der Waals surface area contributed by atoms with Gasteiger partial charge in [0.2, 0.25) is 4.77 Å². The summed E-state index contributed by atoms with van der Waals surface area (Å²) in [5.74, 6) is 1.96. The van der Waals surface area contributed by atoms with Crippen molar-refractivity contribution in [3.05, 3.63) is 58.9 Å². The summed E-state index contributed by atoms with van der Waals surface area (Å²) in [6.07, 6.45) is 1.55. The molecule has 31 heavy (non-hydrogen) atoms. The van der Waals surface area contributed by atoms with Crippen LogP contribution in [0.2, 0.25) is 0 Å². The lowest BCUT2D eigenvalue weighted by molar-refractivity contribution is 0.0513. The van der Waals surface area contributed by atoms with Crippen molar-refractivity contribution in [1.29, 1.82) is 0 Å². The summed E-state index contributed by atoms with van der Waals surface area (Å²) in [6, 6.07) is 16.3. The normalized spacial score (nSPS) is 17.3. The molecule has 0 amide bonds. The topological polar surface area (TPSA) is 55.4 Å². The molecular formula is C24H30N4O2S. The Balaban J connectivity index is 1.83. The van der Waals surface area contributed by atoms with Gasteiger partial charge in [0.1, 0.15) is 5.75 Å². The Labute approximate surface area is 188 Å². The predicted molar refractivity (Wildman–Crippen MR) is 125 cm³/mol. The van der Waals surface area contributed by atoms with Crippen LogP contribution in [0.5, 0.6) is 5.75 Å². The van der Waals surface area contributed by atoms with Gasteiger partial charge in [-0.15, -0.1) is 5.10 Å². The van der Waals surface area contributed by atoms with Gasteiger partial charge in [0.05, 0.1) is 25.6 Å². The Morgan fingerprint density at radius 1 is 1.16 bits per heavy atom. The summed E-state index contributed by atoms with van der Waals surface area (Å²) < 4.78 is 9.93. The molecule has 7 heteroatoms. The Bertz CT molecular complexity index is 1090. The standard InChI is InChI=1S/C24H30N4O2S/c1-17(2)21-8-4-5-9-22(21)28-23(18-10-12-20(30-3)13-11-18)25-27(24(28)31)16-26-14-6-7-19(29)15-26/h4-5,8-13,17,19,29H,6-7,14-16H2,1-3H3. The van der Waals surface area contributed by atoms with Crippen LogP contribution in [0.15, 0.2) is 48.5 Å². The Morgan fingerprint density at radius 2 is 1.90 bits per heavy atom. The number of ether oxygens (including phenoxy) is 1. The summed E-state index contributed by atoms with van der Waals surface area (Å²) in [4.78, 5) is 2.22. The van der Waals surface area contributed by atoms with Gasteiger partial charge < -0.3 is 9.84 Å². The van der Waals surface area contributed by atoms with Crippen LogP contribution in [0.25, 0.3) is 17.1 Å². The first-order chi connectivity index (χ1) is 15.0. The lowest BCUT2D eigenvalue weighted by Crippen LogP contribution is -2.39. The zero-order valence-electron chi connectivity index (χ0n) is 18.4. The fourth-order valence-electron chi connectivity index (χ4n) is 4.17. The number of methoxy groups -OCH3 is 1. The van der Waals surface area contributed by atoms with E-state index in [1.54, 1.807) is 7.11 Å². The Morgan fingerprint density at radius 3 is 2.58 bits per heavy atom. The third kappa shape index (κ3) is 4.59. The van der Waals surface area contributed by atoms with Crippen molar-refractivity contribution >= 4 is 12.2 Å². The maximum Gasteiger partial charge on any atom is 0.204 e. The van der Waals surface area contributed by atoms with Crippen LogP contribution in [0.3, 0.4) is 0 Å². The molecular weight excluding hydrogens is 408 g/mol. The summed E-state index contributed by atoms with van der Waals surface area (Å²) >= 11 is 5.94. The average Bonchev–Trinajstić information content (AvgIpc) is 3.09.